The maximum Gasteiger partial charge on any atom is 0.339 e. The van der Waals surface area contributed by atoms with Gasteiger partial charge < -0.3 is 15.1 Å². The summed E-state index contributed by atoms with van der Waals surface area (Å²) in [5.74, 6) is -1.92. The first-order chi connectivity index (χ1) is 6.93. The molecular weight excluding hydrogens is 198 g/mol. The zero-order valence-electron chi connectivity index (χ0n) is 8.39. The fourth-order valence-electron chi connectivity index (χ4n) is 1.10. The van der Waals surface area contributed by atoms with Crippen LogP contribution in [-0.4, -0.2) is 41.1 Å². The van der Waals surface area contributed by atoms with Gasteiger partial charge in [0.2, 0.25) is 0 Å². The van der Waals surface area contributed by atoms with Crippen molar-refractivity contribution < 1.29 is 19.8 Å². The van der Waals surface area contributed by atoms with Gasteiger partial charge in [-0.05, 0) is 18.2 Å². The van der Waals surface area contributed by atoms with Crippen LogP contribution in [0.5, 0.6) is 5.75 Å². The number of carbonyl (C=O) groups is 2. The first kappa shape index (κ1) is 11.0. The van der Waals surface area contributed by atoms with E-state index in [4.69, 9.17) is 5.11 Å². The number of nitrogens with zero attached hydrogens (tertiary/aromatic N) is 1. The molecule has 0 aliphatic carbocycles. The number of carboxylic acids is 1. The molecule has 0 unspecified atom stereocenters. The topological polar surface area (TPSA) is 77.8 Å². The minimum Gasteiger partial charge on any atom is -0.507 e. The molecule has 80 valence electrons. The second-order valence-electron chi connectivity index (χ2n) is 3.24. The maximum absolute atomic E-state index is 11.4. The molecule has 1 aromatic rings. The lowest BCUT2D eigenvalue weighted by atomic mass is 10.1. The summed E-state index contributed by atoms with van der Waals surface area (Å²) in [6, 6.07) is 3.71. The maximum atomic E-state index is 11.4. The highest BCUT2D eigenvalue weighted by Gasteiger charge is 2.13. The minimum absolute atomic E-state index is 0.217. The Bertz CT molecular complexity index is 412. The average Bonchev–Trinajstić information content (AvgIpc) is 2.15. The van der Waals surface area contributed by atoms with Crippen molar-refractivity contribution in [2.24, 2.45) is 0 Å². The Balaban J connectivity index is 3.12. The molecule has 0 atom stereocenters. The summed E-state index contributed by atoms with van der Waals surface area (Å²) in [5.41, 5.74) is 0.0350. The van der Waals surface area contributed by atoms with Gasteiger partial charge in [-0.3, -0.25) is 4.79 Å². The molecule has 0 bridgehead atoms. The second kappa shape index (κ2) is 4.00. The molecule has 0 spiro atoms. The lowest BCUT2D eigenvalue weighted by molar-refractivity contribution is 0.0692. The Morgan fingerprint density at radius 1 is 1.27 bits per heavy atom. The Labute approximate surface area is 86.6 Å². The number of carboxylic acid groups (broad SMARTS) is 1. The second-order valence-corrected chi connectivity index (χ2v) is 3.24. The molecule has 0 fully saturated rings. The summed E-state index contributed by atoms with van der Waals surface area (Å²) >= 11 is 0. The van der Waals surface area contributed by atoms with Crippen LogP contribution in [0.15, 0.2) is 18.2 Å². The molecule has 0 saturated heterocycles. The van der Waals surface area contributed by atoms with Crippen molar-refractivity contribution in [3.05, 3.63) is 29.3 Å². The number of rotatable bonds is 2. The third kappa shape index (κ3) is 2.25. The molecule has 0 heterocycles. The standard InChI is InChI=1S/C10H11NO4/c1-11(2)9(13)6-3-4-7(10(14)15)8(12)5-6/h3-5,12H,1-2H3,(H,14,15). The lowest BCUT2D eigenvalue weighted by Gasteiger charge is -2.10. The molecule has 1 aromatic carbocycles. The van der Waals surface area contributed by atoms with Gasteiger partial charge >= 0.3 is 5.97 Å². The number of aromatic carboxylic acids is 1. The van der Waals surface area contributed by atoms with Crippen LogP contribution in [0.2, 0.25) is 0 Å². The van der Waals surface area contributed by atoms with Gasteiger partial charge in [-0.25, -0.2) is 4.79 Å². The van der Waals surface area contributed by atoms with Gasteiger partial charge in [0, 0.05) is 19.7 Å². The van der Waals surface area contributed by atoms with Crippen LogP contribution in [0, 0.1) is 0 Å². The third-order valence-electron chi connectivity index (χ3n) is 1.88. The van der Waals surface area contributed by atoms with Crippen LogP contribution >= 0.6 is 0 Å². The van der Waals surface area contributed by atoms with Gasteiger partial charge in [-0.2, -0.15) is 0 Å². The average molecular weight is 209 g/mol. The van der Waals surface area contributed by atoms with Gasteiger partial charge in [0.15, 0.2) is 0 Å². The minimum atomic E-state index is -1.23. The number of hydrogen-bond acceptors (Lipinski definition) is 3. The molecular formula is C10H11NO4. The SMILES string of the molecule is CN(C)C(=O)c1ccc(C(=O)O)c(O)c1. The predicted molar refractivity (Wildman–Crippen MR) is 53.1 cm³/mol. The van der Waals surface area contributed by atoms with Crippen molar-refractivity contribution in [2.75, 3.05) is 14.1 Å². The summed E-state index contributed by atoms with van der Waals surface area (Å²) in [6.45, 7) is 0. The fraction of sp³-hybridized carbons (Fsp3) is 0.200. The van der Waals surface area contributed by atoms with Gasteiger partial charge in [0.25, 0.3) is 5.91 Å². The van der Waals surface area contributed by atoms with E-state index in [0.717, 1.165) is 6.07 Å². The Kier molecular flexibility index (Phi) is 2.94. The van der Waals surface area contributed by atoms with E-state index in [2.05, 4.69) is 0 Å². The predicted octanol–water partition coefficient (Wildman–Crippen LogP) is 0.792. The molecule has 1 amide bonds. The summed E-state index contributed by atoms with van der Waals surface area (Å²) in [5, 5.41) is 18.0. The molecule has 0 radical (unpaired) electrons. The third-order valence-corrected chi connectivity index (χ3v) is 1.88. The van der Waals surface area contributed by atoms with Crippen LogP contribution in [0.3, 0.4) is 0 Å². The molecule has 5 heteroatoms. The first-order valence-corrected chi connectivity index (χ1v) is 4.21. The zero-order valence-corrected chi connectivity index (χ0v) is 8.39. The number of aromatic hydroxyl groups is 1. The van der Waals surface area contributed by atoms with Crippen LogP contribution in [0.1, 0.15) is 20.7 Å². The fourth-order valence-corrected chi connectivity index (χ4v) is 1.10. The van der Waals surface area contributed by atoms with Crippen LogP contribution in [0.25, 0.3) is 0 Å². The van der Waals surface area contributed by atoms with E-state index in [1.54, 1.807) is 14.1 Å². The molecule has 5 nitrogen and oxygen atoms in total. The number of phenols is 1. The summed E-state index contributed by atoms with van der Waals surface area (Å²) in [4.78, 5) is 23.4. The van der Waals surface area contributed by atoms with Gasteiger partial charge in [0.05, 0.1) is 0 Å². The Hall–Kier alpha value is -2.04. The van der Waals surface area contributed by atoms with Crippen molar-refractivity contribution in [3.8, 4) is 5.75 Å². The quantitative estimate of drug-likeness (QED) is 0.754. The Morgan fingerprint density at radius 2 is 1.87 bits per heavy atom. The highest BCUT2D eigenvalue weighted by atomic mass is 16.4. The van der Waals surface area contributed by atoms with Gasteiger partial charge in [-0.1, -0.05) is 0 Å². The first-order valence-electron chi connectivity index (χ1n) is 4.21. The van der Waals surface area contributed by atoms with Crippen LogP contribution in [0.4, 0.5) is 0 Å². The largest absolute Gasteiger partial charge is 0.507 e. The summed E-state index contributed by atoms with van der Waals surface area (Å²) in [7, 11) is 3.15. The van der Waals surface area contributed by atoms with Crippen LogP contribution < -0.4 is 0 Å². The lowest BCUT2D eigenvalue weighted by Crippen LogP contribution is -2.21. The van der Waals surface area contributed by atoms with E-state index in [9.17, 15) is 14.7 Å². The number of benzene rings is 1. The molecule has 15 heavy (non-hydrogen) atoms. The normalized spacial score (nSPS) is 9.73. The molecule has 0 aliphatic rings. The van der Waals surface area contributed by atoms with E-state index in [1.165, 1.54) is 17.0 Å². The van der Waals surface area contributed by atoms with Gasteiger partial charge in [-0.15, -0.1) is 0 Å². The Morgan fingerprint density at radius 3 is 2.27 bits per heavy atom. The number of hydrogen-bond donors (Lipinski definition) is 2. The monoisotopic (exact) mass is 209 g/mol. The molecule has 0 aliphatic heterocycles. The van der Waals surface area contributed by atoms with Crippen molar-refractivity contribution in [2.45, 2.75) is 0 Å². The van der Waals surface area contributed by atoms with Crippen molar-refractivity contribution >= 4 is 11.9 Å². The van der Waals surface area contributed by atoms with E-state index < -0.39 is 11.7 Å². The molecule has 1 rings (SSSR count). The van der Waals surface area contributed by atoms with Crippen LogP contribution in [-0.2, 0) is 0 Å². The van der Waals surface area contributed by atoms with E-state index in [-0.39, 0.29) is 17.0 Å². The smallest absolute Gasteiger partial charge is 0.339 e. The van der Waals surface area contributed by atoms with E-state index in [1.807, 2.05) is 0 Å². The molecule has 0 saturated carbocycles. The van der Waals surface area contributed by atoms with E-state index >= 15 is 0 Å². The zero-order chi connectivity index (χ0) is 11.6. The van der Waals surface area contributed by atoms with Crippen molar-refractivity contribution in [1.29, 1.82) is 0 Å². The highest BCUT2D eigenvalue weighted by Crippen LogP contribution is 2.19. The van der Waals surface area contributed by atoms with Gasteiger partial charge in [0.1, 0.15) is 11.3 Å². The molecule has 2 N–H and O–H groups in total. The van der Waals surface area contributed by atoms with Crippen molar-refractivity contribution in [3.63, 3.8) is 0 Å². The summed E-state index contributed by atoms with van der Waals surface area (Å²) < 4.78 is 0. The number of amides is 1. The van der Waals surface area contributed by atoms with Crippen molar-refractivity contribution in [1.82, 2.24) is 4.90 Å². The molecule has 0 aromatic heterocycles. The summed E-state index contributed by atoms with van der Waals surface area (Å²) in [6.07, 6.45) is 0. The highest BCUT2D eigenvalue weighted by molar-refractivity contribution is 5.97. The van der Waals surface area contributed by atoms with E-state index in [0.29, 0.717) is 0 Å². The number of carbonyl (C=O) groups excluding carboxylic acids is 1.